The van der Waals surface area contributed by atoms with Gasteiger partial charge in [0.25, 0.3) is 0 Å². The van der Waals surface area contributed by atoms with E-state index < -0.39 is 0 Å². The Hall–Kier alpha value is -0.670. The zero-order chi connectivity index (χ0) is 10.2. The smallest absolute Gasteiger partial charge is 0.120 e. The highest BCUT2D eigenvalue weighted by Crippen LogP contribution is 2.14. The fourth-order valence-corrected chi connectivity index (χ4v) is 2.17. The predicted octanol–water partition coefficient (Wildman–Crippen LogP) is 3.07. The van der Waals surface area contributed by atoms with E-state index in [2.05, 4.69) is 0 Å². The molecule has 0 N–H and O–H groups in total. The van der Waals surface area contributed by atoms with Crippen LogP contribution in [0.1, 0.15) is 18.4 Å². The van der Waals surface area contributed by atoms with Gasteiger partial charge in [0.15, 0.2) is 0 Å². The normalized spacial score (nSPS) is 9.71. The summed E-state index contributed by atoms with van der Waals surface area (Å²) in [7, 11) is 0. The fourth-order valence-electron chi connectivity index (χ4n) is 0.989. The van der Waals surface area contributed by atoms with E-state index in [-0.39, 0.29) is 0 Å². The maximum atomic E-state index is 10.1. The van der Waals surface area contributed by atoms with Crippen molar-refractivity contribution in [1.29, 1.82) is 0 Å². The third-order valence-corrected chi connectivity index (χ3v) is 3.29. The lowest BCUT2D eigenvalue weighted by Crippen LogP contribution is -1.93. The van der Waals surface area contributed by atoms with E-state index in [1.54, 1.807) is 11.8 Å². The molecule has 0 radical (unpaired) electrons. The molecule has 0 fully saturated rings. The topological polar surface area (TPSA) is 17.1 Å². The third-order valence-electron chi connectivity index (χ3n) is 1.71. The lowest BCUT2D eigenvalue weighted by Gasteiger charge is -2.01. The molecule has 0 spiro atoms. The van der Waals surface area contributed by atoms with Crippen molar-refractivity contribution < 1.29 is 4.79 Å². The standard InChI is InChI=1S/C11H12OS2/c12-8-4-5-9-14-11(13)10-6-2-1-3-7-10/h1-3,6-8H,4-5,9H2. The number of aldehydes is 1. The average molecular weight is 224 g/mol. The van der Waals surface area contributed by atoms with Crippen molar-refractivity contribution in [2.24, 2.45) is 0 Å². The summed E-state index contributed by atoms with van der Waals surface area (Å²) in [6, 6.07) is 9.95. The van der Waals surface area contributed by atoms with Crippen molar-refractivity contribution in [2.45, 2.75) is 12.8 Å². The van der Waals surface area contributed by atoms with Crippen molar-refractivity contribution in [3.63, 3.8) is 0 Å². The Morgan fingerprint density at radius 2 is 2.07 bits per heavy atom. The van der Waals surface area contributed by atoms with Crippen molar-refractivity contribution in [3.05, 3.63) is 35.9 Å². The summed E-state index contributed by atoms with van der Waals surface area (Å²) in [5, 5.41) is 0. The number of carbonyl (C=O) groups excluding carboxylic acids is 1. The molecular formula is C11H12OS2. The molecular weight excluding hydrogens is 212 g/mol. The number of hydrogen-bond acceptors (Lipinski definition) is 3. The summed E-state index contributed by atoms with van der Waals surface area (Å²) in [6.07, 6.45) is 2.48. The lowest BCUT2D eigenvalue weighted by atomic mass is 10.2. The van der Waals surface area contributed by atoms with Crippen LogP contribution in [0.4, 0.5) is 0 Å². The number of rotatable bonds is 5. The molecule has 14 heavy (non-hydrogen) atoms. The largest absolute Gasteiger partial charge is 0.303 e. The molecule has 1 rings (SSSR count). The molecule has 1 nitrogen and oxygen atoms in total. The number of benzene rings is 1. The summed E-state index contributed by atoms with van der Waals surface area (Å²) in [4.78, 5) is 10.1. The number of thioether (sulfide) groups is 1. The Morgan fingerprint density at radius 3 is 2.71 bits per heavy atom. The highest BCUT2D eigenvalue weighted by molar-refractivity contribution is 8.23. The summed E-state index contributed by atoms with van der Waals surface area (Å²) in [6.45, 7) is 0. The molecule has 3 heteroatoms. The predicted molar refractivity (Wildman–Crippen MR) is 65.9 cm³/mol. The van der Waals surface area contributed by atoms with Crippen molar-refractivity contribution in [1.82, 2.24) is 0 Å². The minimum atomic E-state index is 0.629. The van der Waals surface area contributed by atoms with Gasteiger partial charge in [-0.25, -0.2) is 0 Å². The molecule has 1 aromatic rings. The van der Waals surface area contributed by atoms with Crippen LogP contribution in [0.2, 0.25) is 0 Å². The second kappa shape index (κ2) is 6.74. The fraction of sp³-hybridized carbons (Fsp3) is 0.273. The van der Waals surface area contributed by atoms with E-state index in [0.717, 1.165) is 28.2 Å². The molecule has 0 heterocycles. The molecule has 0 aliphatic heterocycles. The number of unbranched alkanes of at least 4 members (excludes halogenated alkanes) is 1. The first-order valence-electron chi connectivity index (χ1n) is 4.50. The van der Waals surface area contributed by atoms with E-state index >= 15 is 0 Å². The van der Waals surface area contributed by atoms with Gasteiger partial charge in [-0.05, 0) is 17.7 Å². The molecule has 1 aromatic carbocycles. The van der Waals surface area contributed by atoms with Gasteiger partial charge < -0.3 is 4.79 Å². The molecule has 0 saturated carbocycles. The molecule has 0 saturated heterocycles. The van der Waals surface area contributed by atoms with Crippen molar-refractivity contribution in [3.8, 4) is 0 Å². The number of carbonyl (C=O) groups is 1. The first kappa shape index (κ1) is 11.4. The minimum absolute atomic E-state index is 0.629. The van der Waals surface area contributed by atoms with Gasteiger partial charge >= 0.3 is 0 Å². The summed E-state index contributed by atoms with van der Waals surface area (Å²) in [5.41, 5.74) is 1.10. The first-order valence-corrected chi connectivity index (χ1v) is 5.90. The Kier molecular flexibility index (Phi) is 5.49. The molecule has 0 aliphatic carbocycles. The number of hydrogen-bond donors (Lipinski definition) is 0. The molecule has 0 aromatic heterocycles. The molecule has 74 valence electrons. The molecule has 0 atom stereocenters. The average Bonchev–Trinajstić information content (AvgIpc) is 2.25. The Morgan fingerprint density at radius 1 is 1.36 bits per heavy atom. The van der Waals surface area contributed by atoms with E-state index in [9.17, 15) is 4.79 Å². The Balaban J connectivity index is 2.32. The second-order valence-electron chi connectivity index (χ2n) is 2.81. The Labute approximate surface area is 93.9 Å². The quantitative estimate of drug-likeness (QED) is 0.435. The summed E-state index contributed by atoms with van der Waals surface area (Å²) < 4.78 is 0.913. The minimum Gasteiger partial charge on any atom is -0.303 e. The number of thiocarbonyl (C=S) groups is 1. The Bertz CT molecular complexity index is 295. The van der Waals surface area contributed by atoms with E-state index in [1.165, 1.54) is 0 Å². The lowest BCUT2D eigenvalue weighted by molar-refractivity contribution is -0.107. The van der Waals surface area contributed by atoms with Gasteiger partial charge in [0.1, 0.15) is 6.29 Å². The molecule has 0 unspecified atom stereocenters. The molecule has 0 aliphatic rings. The highest BCUT2D eigenvalue weighted by atomic mass is 32.2. The zero-order valence-corrected chi connectivity index (χ0v) is 9.44. The van der Waals surface area contributed by atoms with Crippen LogP contribution in [-0.4, -0.2) is 16.2 Å². The van der Waals surface area contributed by atoms with Gasteiger partial charge in [-0.1, -0.05) is 42.5 Å². The second-order valence-corrected chi connectivity index (χ2v) is 4.58. The van der Waals surface area contributed by atoms with E-state index in [0.29, 0.717) is 6.42 Å². The van der Waals surface area contributed by atoms with E-state index in [1.807, 2.05) is 30.3 Å². The zero-order valence-electron chi connectivity index (χ0n) is 7.81. The monoisotopic (exact) mass is 224 g/mol. The summed E-state index contributed by atoms with van der Waals surface area (Å²) in [5.74, 6) is 0.923. The van der Waals surface area contributed by atoms with Crippen LogP contribution in [0.15, 0.2) is 30.3 Å². The van der Waals surface area contributed by atoms with Gasteiger partial charge in [-0.3, -0.25) is 0 Å². The van der Waals surface area contributed by atoms with Crippen LogP contribution >= 0.6 is 24.0 Å². The van der Waals surface area contributed by atoms with Crippen LogP contribution in [0.5, 0.6) is 0 Å². The van der Waals surface area contributed by atoms with Crippen molar-refractivity contribution in [2.75, 3.05) is 5.75 Å². The SMILES string of the molecule is O=CCCCSC(=S)c1ccccc1. The van der Waals surface area contributed by atoms with Crippen LogP contribution in [0.25, 0.3) is 0 Å². The summed E-state index contributed by atoms with van der Waals surface area (Å²) >= 11 is 6.89. The highest BCUT2D eigenvalue weighted by Gasteiger charge is 1.99. The van der Waals surface area contributed by atoms with Gasteiger partial charge in [0.05, 0.1) is 4.20 Å². The van der Waals surface area contributed by atoms with Crippen LogP contribution < -0.4 is 0 Å². The van der Waals surface area contributed by atoms with Gasteiger partial charge in [-0.2, -0.15) is 0 Å². The van der Waals surface area contributed by atoms with Crippen LogP contribution in [0.3, 0.4) is 0 Å². The van der Waals surface area contributed by atoms with Gasteiger partial charge in [-0.15, -0.1) is 11.8 Å². The van der Waals surface area contributed by atoms with Gasteiger partial charge in [0.2, 0.25) is 0 Å². The third kappa shape index (κ3) is 4.03. The van der Waals surface area contributed by atoms with Crippen LogP contribution in [0, 0.1) is 0 Å². The van der Waals surface area contributed by atoms with Crippen molar-refractivity contribution >= 4 is 34.5 Å². The maximum absolute atomic E-state index is 10.1. The first-order chi connectivity index (χ1) is 6.84. The molecule has 0 bridgehead atoms. The molecule has 0 amide bonds. The van der Waals surface area contributed by atoms with Crippen LogP contribution in [-0.2, 0) is 4.79 Å². The van der Waals surface area contributed by atoms with E-state index in [4.69, 9.17) is 12.2 Å². The van der Waals surface area contributed by atoms with Gasteiger partial charge in [0, 0.05) is 6.42 Å². The maximum Gasteiger partial charge on any atom is 0.120 e.